The number of thioether (sulfide) groups is 1. The lowest BCUT2D eigenvalue weighted by Gasteiger charge is -2.08. The van der Waals surface area contributed by atoms with Gasteiger partial charge in [0.2, 0.25) is 0 Å². The Morgan fingerprint density at radius 2 is 1.89 bits per heavy atom. The van der Waals surface area contributed by atoms with Crippen molar-refractivity contribution in [2.24, 2.45) is 0 Å². The standard InChI is InChI=1S/C14H13NO3S/c1-9-3-5-11(6-4-9)7-12-13(17)15(8-10(2)16)14(18)19-12/h3-7H,8H2,1-2H3/b12-7-. The van der Waals surface area contributed by atoms with Gasteiger partial charge in [-0.2, -0.15) is 0 Å². The van der Waals surface area contributed by atoms with E-state index in [2.05, 4.69) is 0 Å². The first kappa shape index (κ1) is 13.5. The Hall–Kier alpha value is -1.88. The predicted octanol–water partition coefficient (Wildman–Crippen LogP) is 2.62. The molecule has 1 aliphatic heterocycles. The molecule has 98 valence electrons. The minimum atomic E-state index is -0.397. The molecule has 0 spiro atoms. The Labute approximate surface area is 115 Å². The molecule has 1 aliphatic rings. The number of carbonyl (C=O) groups excluding carboxylic acids is 3. The fraction of sp³-hybridized carbons (Fsp3) is 0.214. The second-order valence-corrected chi connectivity index (χ2v) is 5.37. The van der Waals surface area contributed by atoms with E-state index >= 15 is 0 Å². The van der Waals surface area contributed by atoms with Crippen LogP contribution in [0.1, 0.15) is 18.1 Å². The van der Waals surface area contributed by atoms with Crippen LogP contribution in [0, 0.1) is 6.92 Å². The van der Waals surface area contributed by atoms with Crippen LogP contribution >= 0.6 is 11.8 Å². The molecule has 0 radical (unpaired) electrons. The molecular formula is C14H13NO3S. The molecule has 0 bridgehead atoms. The lowest BCUT2D eigenvalue weighted by molar-refractivity contribution is -0.127. The van der Waals surface area contributed by atoms with Crippen molar-refractivity contribution in [1.29, 1.82) is 0 Å². The van der Waals surface area contributed by atoms with Crippen molar-refractivity contribution in [2.45, 2.75) is 13.8 Å². The van der Waals surface area contributed by atoms with Gasteiger partial charge in [0, 0.05) is 0 Å². The summed E-state index contributed by atoms with van der Waals surface area (Å²) in [5.41, 5.74) is 1.99. The fourth-order valence-electron chi connectivity index (χ4n) is 1.67. The number of benzene rings is 1. The van der Waals surface area contributed by atoms with Crippen molar-refractivity contribution in [1.82, 2.24) is 4.90 Å². The number of Topliss-reactive ketones (excluding diaryl/α,β-unsaturated/α-hetero) is 1. The number of rotatable bonds is 3. The molecule has 0 atom stereocenters. The van der Waals surface area contributed by atoms with E-state index in [0.717, 1.165) is 27.8 Å². The van der Waals surface area contributed by atoms with Crippen molar-refractivity contribution >= 4 is 34.8 Å². The van der Waals surface area contributed by atoms with Crippen molar-refractivity contribution in [3.05, 3.63) is 40.3 Å². The summed E-state index contributed by atoms with van der Waals surface area (Å²) in [5, 5.41) is -0.390. The van der Waals surface area contributed by atoms with Crippen molar-refractivity contribution in [3.8, 4) is 0 Å². The molecule has 1 aromatic rings. The zero-order valence-electron chi connectivity index (χ0n) is 10.7. The van der Waals surface area contributed by atoms with E-state index in [-0.39, 0.29) is 12.3 Å². The Balaban J connectivity index is 2.23. The molecule has 19 heavy (non-hydrogen) atoms. The molecule has 0 unspecified atom stereocenters. The predicted molar refractivity (Wildman–Crippen MR) is 74.5 cm³/mol. The molecule has 0 aliphatic carbocycles. The summed E-state index contributed by atoms with van der Waals surface area (Å²) in [6, 6.07) is 7.64. The van der Waals surface area contributed by atoms with E-state index < -0.39 is 11.1 Å². The van der Waals surface area contributed by atoms with E-state index in [9.17, 15) is 14.4 Å². The summed E-state index contributed by atoms with van der Waals surface area (Å²) in [6.07, 6.45) is 1.67. The van der Waals surface area contributed by atoms with E-state index in [0.29, 0.717) is 4.91 Å². The van der Waals surface area contributed by atoms with Gasteiger partial charge >= 0.3 is 0 Å². The van der Waals surface area contributed by atoms with Gasteiger partial charge in [0.15, 0.2) is 0 Å². The van der Waals surface area contributed by atoms with Gasteiger partial charge in [0.25, 0.3) is 11.1 Å². The zero-order chi connectivity index (χ0) is 14.0. The summed E-state index contributed by atoms with van der Waals surface area (Å²) < 4.78 is 0. The molecule has 1 heterocycles. The van der Waals surface area contributed by atoms with Gasteiger partial charge < -0.3 is 0 Å². The first-order valence-corrected chi connectivity index (χ1v) is 6.60. The minimum Gasteiger partial charge on any atom is -0.298 e. The van der Waals surface area contributed by atoms with Crippen LogP contribution in [0.5, 0.6) is 0 Å². The van der Waals surface area contributed by atoms with Crippen LogP contribution in [-0.4, -0.2) is 28.4 Å². The Bertz CT molecular complexity index is 575. The number of hydrogen-bond donors (Lipinski definition) is 0. The number of nitrogens with zero attached hydrogens (tertiary/aromatic N) is 1. The highest BCUT2D eigenvalue weighted by atomic mass is 32.2. The summed E-state index contributed by atoms with van der Waals surface area (Å²) in [6.45, 7) is 3.17. The van der Waals surface area contributed by atoms with Gasteiger partial charge in [0.05, 0.1) is 11.4 Å². The van der Waals surface area contributed by atoms with Crippen LogP contribution < -0.4 is 0 Å². The molecular weight excluding hydrogens is 262 g/mol. The molecule has 2 amide bonds. The Morgan fingerprint density at radius 1 is 1.26 bits per heavy atom. The van der Waals surface area contributed by atoms with Gasteiger partial charge in [-0.1, -0.05) is 29.8 Å². The van der Waals surface area contributed by atoms with Gasteiger partial charge in [-0.05, 0) is 37.2 Å². The summed E-state index contributed by atoms with van der Waals surface area (Å²) in [7, 11) is 0. The third-order valence-electron chi connectivity index (χ3n) is 2.63. The van der Waals surface area contributed by atoms with Crippen LogP contribution in [0.4, 0.5) is 4.79 Å². The third kappa shape index (κ3) is 3.12. The fourth-order valence-corrected chi connectivity index (χ4v) is 2.51. The smallest absolute Gasteiger partial charge is 0.293 e. The second-order valence-electron chi connectivity index (χ2n) is 4.38. The number of carbonyl (C=O) groups is 3. The molecule has 5 heteroatoms. The van der Waals surface area contributed by atoms with E-state index in [1.54, 1.807) is 6.08 Å². The highest BCUT2D eigenvalue weighted by Crippen LogP contribution is 2.31. The molecule has 4 nitrogen and oxygen atoms in total. The number of amides is 2. The molecule has 0 saturated carbocycles. The van der Waals surface area contributed by atoms with Crippen molar-refractivity contribution in [2.75, 3.05) is 6.54 Å². The number of imide groups is 1. The van der Waals surface area contributed by atoms with Crippen molar-refractivity contribution < 1.29 is 14.4 Å². The average Bonchev–Trinajstić information content (AvgIpc) is 2.60. The first-order chi connectivity index (χ1) is 8.97. The lowest BCUT2D eigenvalue weighted by atomic mass is 10.1. The number of hydrogen-bond acceptors (Lipinski definition) is 4. The van der Waals surface area contributed by atoms with Crippen LogP contribution in [0.3, 0.4) is 0 Å². The van der Waals surface area contributed by atoms with Gasteiger partial charge in [-0.25, -0.2) is 0 Å². The van der Waals surface area contributed by atoms with Gasteiger partial charge in [-0.15, -0.1) is 0 Å². The largest absolute Gasteiger partial charge is 0.298 e. The van der Waals surface area contributed by atoms with E-state index in [4.69, 9.17) is 0 Å². The normalized spacial score (nSPS) is 17.4. The highest BCUT2D eigenvalue weighted by molar-refractivity contribution is 8.18. The minimum absolute atomic E-state index is 0.157. The van der Waals surface area contributed by atoms with E-state index in [1.165, 1.54) is 6.92 Å². The first-order valence-electron chi connectivity index (χ1n) is 5.79. The topological polar surface area (TPSA) is 54.5 Å². The van der Waals surface area contributed by atoms with E-state index in [1.807, 2.05) is 31.2 Å². The summed E-state index contributed by atoms with van der Waals surface area (Å²) in [4.78, 5) is 36.0. The lowest BCUT2D eigenvalue weighted by Crippen LogP contribution is -2.32. The van der Waals surface area contributed by atoms with Crippen LogP contribution in [0.2, 0.25) is 0 Å². The molecule has 0 aromatic heterocycles. The van der Waals surface area contributed by atoms with Crippen LogP contribution in [0.15, 0.2) is 29.2 Å². The monoisotopic (exact) mass is 275 g/mol. The van der Waals surface area contributed by atoms with Crippen LogP contribution in [-0.2, 0) is 9.59 Å². The maximum atomic E-state index is 12.0. The van der Waals surface area contributed by atoms with Gasteiger partial charge in [0.1, 0.15) is 5.78 Å². The summed E-state index contributed by atoms with van der Waals surface area (Å²) in [5.74, 6) is -0.607. The maximum Gasteiger partial charge on any atom is 0.293 e. The molecule has 2 rings (SSSR count). The zero-order valence-corrected chi connectivity index (χ0v) is 11.5. The molecule has 1 aromatic carbocycles. The van der Waals surface area contributed by atoms with Crippen molar-refractivity contribution in [3.63, 3.8) is 0 Å². The quantitative estimate of drug-likeness (QED) is 0.796. The van der Waals surface area contributed by atoms with Crippen LogP contribution in [0.25, 0.3) is 6.08 Å². The maximum absolute atomic E-state index is 12.0. The average molecular weight is 275 g/mol. The summed E-state index contributed by atoms with van der Waals surface area (Å²) >= 11 is 0.869. The molecule has 0 N–H and O–H groups in total. The molecule has 1 fully saturated rings. The number of ketones is 1. The Kier molecular flexibility index (Phi) is 3.85. The SMILES string of the molecule is CC(=O)CN1C(=O)S/C(=C\c2ccc(C)cc2)C1=O. The Morgan fingerprint density at radius 3 is 2.47 bits per heavy atom. The second kappa shape index (κ2) is 5.40. The third-order valence-corrected chi connectivity index (χ3v) is 3.54. The van der Waals surface area contributed by atoms with Gasteiger partial charge in [-0.3, -0.25) is 19.3 Å². The number of aryl methyl sites for hydroxylation is 1. The molecule has 1 saturated heterocycles. The highest BCUT2D eigenvalue weighted by Gasteiger charge is 2.35.